The van der Waals surface area contributed by atoms with Crippen LogP contribution in [0.1, 0.15) is 22.1 Å². The van der Waals surface area contributed by atoms with E-state index < -0.39 is 0 Å². The standard InChI is InChI=1S/C13H19N5O2/c1-10-14-12(16-15-10)9-17(2)13(19)11-5-4-6-18(11)7-8-20-3/h4-6H,7-9H2,1-3H3,(H,14,15,16). The second kappa shape index (κ2) is 6.33. The molecule has 0 aliphatic carbocycles. The number of carbonyl (C=O) groups is 1. The first-order valence-corrected chi connectivity index (χ1v) is 6.39. The number of hydrogen-bond donors (Lipinski definition) is 1. The van der Waals surface area contributed by atoms with Crippen LogP contribution in [0.15, 0.2) is 18.3 Å². The van der Waals surface area contributed by atoms with E-state index in [9.17, 15) is 4.79 Å². The molecule has 0 saturated carbocycles. The molecule has 0 saturated heterocycles. The van der Waals surface area contributed by atoms with E-state index in [-0.39, 0.29) is 5.91 Å². The van der Waals surface area contributed by atoms with Gasteiger partial charge in [0, 0.05) is 26.9 Å². The van der Waals surface area contributed by atoms with Gasteiger partial charge in [-0.15, -0.1) is 0 Å². The van der Waals surface area contributed by atoms with E-state index in [0.717, 1.165) is 5.82 Å². The highest BCUT2D eigenvalue weighted by atomic mass is 16.5. The van der Waals surface area contributed by atoms with Crippen LogP contribution in [0.3, 0.4) is 0 Å². The van der Waals surface area contributed by atoms with Crippen molar-refractivity contribution in [2.75, 3.05) is 20.8 Å². The van der Waals surface area contributed by atoms with Crippen molar-refractivity contribution in [3.05, 3.63) is 35.7 Å². The molecule has 1 N–H and O–H groups in total. The maximum Gasteiger partial charge on any atom is 0.270 e. The van der Waals surface area contributed by atoms with Crippen LogP contribution in [-0.4, -0.2) is 51.3 Å². The molecule has 0 aliphatic rings. The van der Waals surface area contributed by atoms with Gasteiger partial charge in [0.15, 0.2) is 5.82 Å². The molecule has 0 spiro atoms. The van der Waals surface area contributed by atoms with Crippen molar-refractivity contribution < 1.29 is 9.53 Å². The Balaban J connectivity index is 2.04. The van der Waals surface area contributed by atoms with E-state index in [4.69, 9.17) is 4.74 Å². The Labute approximate surface area is 117 Å². The fraction of sp³-hybridized carbons (Fsp3) is 0.462. The summed E-state index contributed by atoms with van der Waals surface area (Å²) in [7, 11) is 3.38. The van der Waals surface area contributed by atoms with Crippen LogP contribution in [0.4, 0.5) is 0 Å². The van der Waals surface area contributed by atoms with Crippen LogP contribution >= 0.6 is 0 Å². The van der Waals surface area contributed by atoms with Crippen molar-refractivity contribution in [2.24, 2.45) is 0 Å². The van der Waals surface area contributed by atoms with Gasteiger partial charge in [-0.05, 0) is 19.1 Å². The summed E-state index contributed by atoms with van der Waals surface area (Å²) in [6.07, 6.45) is 1.87. The second-order valence-corrected chi connectivity index (χ2v) is 4.58. The molecule has 0 radical (unpaired) electrons. The molecule has 0 atom stereocenters. The Morgan fingerprint density at radius 1 is 1.55 bits per heavy atom. The molecule has 7 heteroatoms. The average Bonchev–Trinajstić information content (AvgIpc) is 3.04. The first-order valence-electron chi connectivity index (χ1n) is 6.39. The zero-order valence-corrected chi connectivity index (χ0v) is 12.0. The molecule has 0 unspecified atom stereocenters. The van der Waals surface area contributed by atoms with E-state index in [1.54, 1.807) is 25.1 Å². The topological polar surface area (TPSA) is 76.0 Å². The molecule has 0 aromatic carbocycles. The summed E-state index contributed by atoms with van der Waals surface area (Å²) in [5, 5.41) is 6.80. The molecule has 1 amide bonds. The Hall–Kier alpha value is -2.15. The predicted molar refractivity (Wildman–Crippen MR) is 73.2 cm³/mol. The number of rotatable bonds is 6. The van der Waals surface area contributed by atoms with Gasteiger partial charge < -0.3 is 14.2 Å². The largest absolute Gasteiger partial charge is 0.383 e. The van der Waals surface area contributed by atoms with Gasteiger partial charge in [0.25, 0.3) is 5.91 Å². The highest BCUT2D eigenvalue weighted by molar-refractivity contribution is 5.92. The number of H-pyrrole nitrogens is 1. The van der Waals surface area contributed by atoms with E-state index in [1.165, 1.54) is 0 Å². The first-order chi connectivity index (χ1) is 9.61. The Morgan fingerprint density at radius 2 is 2.35 bits per heavy atom. The first kappa shape index (κ1) is 14.3. The molecular weight excluding hydrogens is 258 g/mol. The number of aromatic nitrogens is 4. The van der Waals surface area contributed by atoms with Gasteiger partial charge in [-0.1, -0.05) is 0 Å². The fourth-order valence-electron chi connectivity index (χ4n) is 1.93. The van der Waals surface area contributed by atoms with Gasteiger partial charge in [-0.3, -0.25) is 9.89 Å². The summed E-state index contributed by atoms with van der Waals surface area (Å²) in [6, 6.07) is 3.66. The molecule has 0 fully saturated rings. The summed E-state index contributed by atoms with van der Waals surface area (Å²) >= 11 is 0. The SMILES string of the molecule is COCCn1cccc1C(=O)N(C)Cc1n[nH]c(C)n1. The highest BCUT2D eigenvalue weighted by Gasteiger charge is 2.17. The molecule has 7 nitrogen and oxygen atoms in total. The van der Waals surface area contributed by atoms with Crippen molar-refractivity contribution in [2.45, 2.75) is 20.0 Å². The monoisotopic (exact) mass is 277 g/mol. The van der Waals surface area contributed by atoms with Crippen LogP contribution in [-0.2, 0) is 17.8 Å². The quantitative estimate of drug-likeness (QED) is 0.848. The van der Waals surface area contributed by atoms with Gasteiger partial charge in [-0.2, -0.15) is 5.10 Å². The van der Waals surface area contributed by atoms with Gasteiger partial charge in [0.2, 0.25) is 0 Å². The smallest absolute Gasteiger partial charge is 0.270 e. The summed E-state index contributed by atoms with van der Waals surface area (Å²) in [6.45, 7) is 3.42. The maximum atomic E-state index is 12.4. The van der Waals surface area contributed by atoms with E-state index in [1.807, 2.05) is 23.8 Å². The molecule has 108 valence electrons. The summed E-state index contributed by atoms with van der Waals surface area (Å²) in [5.74, 6) is 1.28. The van der Waals surface area contributed by atoms with E-state index >= 15 is 0 Å². The number of nitrogens with one attached hydrogen (secondary N) is 1. The number of methoxy groups -OCH3 is 1. The minimum Gasteiger partial charge on any atom is -0.383 e. The van der Waals surface area contributed by atoms with Gasteiger partial charge >= 0.3 is 0 Å². The molecule has 2 aromatic rings. The number of aromatic amines is 1. The fourth-order valence-corrected chi connectivity index (χ4v) is 1.93. The van der Waals surface area contributed by atoms with Crippen LogP contribution in [0.25, 0.3) is 0 Å². The van der Waals surface area contributed by atoms with Gasteiger partial charge in [-0.25, -0.2) is 4.98 Å². The van der Waals surface area contributed by atoms with Crippen molar-refractivity contribution in [3.8, 4) is 0 Å². The van der Waals surface area contributed by atoms with E-state index in [2.05, 4.69) is 15.2 Å². The van der Waals surface area contributed by atoms with Crippen molar-refractivity contribution >= 4 is 5.91 Å². The molecular formula is C13H19N5O2. The lowest BCUT2D eigenvalue weighted by Crippen LogP contribution is -2.29. The maximum absolute atomic E-state index is 12.4. The minimum atomic E-state index is -0.0615. The van der Waals surface area contributed by atoms with Gasteiger partial charge in [0.1, 0.15) is 11.5 Å². The predicted octanol–water partition coefficient (Wildman–Crippen LogP) is 0.833. The lowest BCUT2D eigenvalue weighted by molar-refractivity contribution is 0.0768. The molecule has 0 bridgehead atoms. The second-order valence-electron chi connectivity index (χ2n) is 4.58. The Morgan fingerprint density at radius 3 is 3.00 bits per heavy atom. The van der Waals surface area contributed by atoms with E-state index in [0.29, 0.717) is 31.2 Å². The third kappa shape index (κ3) is 3.24. The highest BCUT2D eigenvalue weighted by Crippen LogP contribution is 2.08. The number of nitrogens with zero attached hydrogens (tertiary/aromatic N) is 4. The van der Waals surface area contributed by atoms with Crippen molar-refractivity contribution in [3.63, 3.8) is 0 Å². The lowest BCUT2D eigenvalue weighted by Gasteiger charge is -2.16. The zero-order valence-electron chi connectivity index (χ0n) is 12.0. The molecule has 0 aliphatic heterocycles. The lowest BCUT2D eigenvalue weighted by atomic mass is 10.3. The Kier molecular flexibility index (Phi) is 4.52. The van der Waals surface area contributed by atoms with Gasteiger partial charge in [0.05, 0.1) is 13.2 Å². The average molecular weight is 277 g/mol. The number of aryl methyl sites for hydroxylation is 1. The molecule has 2 rings (SSSR count). The third-order valence-corrected chi connectivity index (χ3v) is 2.95. The third-order valence-electron chi connectivity index (χ3n) is 2.95. The number of carbonyl (C=O) groups excluding carboxylic acids is 1. The van der Waals surface area contributed by atoms with Crippen LogP contribution in [0.5, 0.6) is 0 Å². The Bertz CT molecular complexity index is 575. The normalized spacial score (nSPS) is 10.8. The number of hydrogen-bond acceptors (Lipinski definition) is 4. The molecule has 20 heavy (non-hydrogen) atoms. The van der Waals surface area contributed by atoms with Crippen molar-refractivity contribution in [1.29, 1.82) is 0 Å². The van der Waals surface area contributed by atoms with Crippen LogP contribution < -0.4 is 0 Å². The van der Waals surface area contributed by atoms with Crippen molar-refractivity contribution in [1.82, 2.24) is 24.6 Å². The molecule has 2 heterocycles. The summed E-state index contributed by atoms with van der Waals surface area (Å²) in [5.41, 5.74) is 0.636. The zero-order chi connectivity index (χ0) is 14.5. The number of amides is 1. The molecule has 2 aromatic heterocycles. The summed E-state index contributed by atoms with van der Waals surface area (Å²) in [4.78, 5) is 18.2. The number of ether oxygens (including phenoxy) is 1. The van der Waals surface area contributed by atoms with Crippen LogP contribution in [0.2, 0.25) is 0 Å². The van der Waals surface area contributed by atoms with Crippen LogP contribution in [0, 0.1) is 6.92 Å². The minimum absolute atomic E-state index is 0.0615. The summed E-state index contributed by atoms with van der Waals surface area (Å²) < 4.78 is 6.92.